The highest BCUT2D eigenvalue weighted by molar-refractivity contribution is 5.75. The molecular formula is C20H24N2O3. The zero-order valence-electron chi connectivity index (χ0n) is 14.7. The third-order valence-corrected chi connectivity index (χ3v) is 4.47. The van der Waals surface area contributed by atoms with E-state index in [0.29, 0.717) is 26.3 Å². The third kappa shape index (κ3) is 4.12. The number of nitrogens with one attached hydrogen (secondary N) is 1. The van der Waals surface area contributed by atoms with E-state index >= 15 is 0 Å². The van der Waals surface area contributed by atoms with E-state index < -0.39 is 0 Å². The van der Waals surface area contributed by atoms with Crippen molar-refractivity contribution in [3.05, 3.63) is 54.1 Å². The van der Waals surface area contributed by atoms with Gasteiger partial charge >= 0.3 is 6.03 Å². The van der Waals surface area contributed by atoms with Crippen molar-refractivity contribution in [1.29, 1.82) is 0 Å². The minimum Gasteiger partial charge on any atom is -0.496 e. The van der Waals surface area contributed by atoms with Gasteiger partial charge < -0.3 is 19.7 Å². The van der Waals surface area contributed by atoms with Crippen molar-refractivity contribution in [3.63, 3.8) is 0 Å². The van der Waals surface area contributed by atoms with Crippen molar-refractivity contribution in [2.45, 2.75) is 13.0 Å². The minimum atomic E-state index is -0.0536. The number of benzene rings is 2. The zero-order valence-corrected chi connectivity index (χ0v) is 14.7. The van der Waals surface area contributed by atoms with E-state index in [2.05, 4.69) is 17.4 Å². The highest BCUT2D eigenvalue weighted by Gasteiger charge is 2.19. The molecule has 132 valence electrons. The normalized spacial score (nSPS) is 15.5. The number of carbonyl (C=O) groups is 1. The van der Waals surface area contributed by atoms with Gasteiger partial charge in [0.05, 0.1) is 26.4 Å². The number of methoxy groups -OCH3 is 1. The molecular weight excluding hydrogens is 316 g/mol. The van der Waals surface area contributed by atoms with Gasteiger partial charge in [-0.1, -0.05) is 42.5 Å². The van der Waals surface area contributed by atoms with E-state index in [9.17, 15) is 4.79 Å². The summed E-state index contributed by atoms with van der Waals surface area (Å²) in [5, 5.41) is 3.05. The maximum Gasteiger partial charge on any atom is 0.318 e. The lowest BCUT2D eigenvalue weighted by atomic mass is 10.0. The van der Waals surface area contributed by atoms with Crippen LogP contribution in [0, 0.1) is 0 Å². The maximum atomic E-state index is 12.3. The lowest BCUT2D eigenvalue weighted by Crippen LogP contribution is -2.46. The summed E-state index contributed by atoms with van der Waals surface area (Å²) in [5.41, 5.74) is 3.22. The topological polar surface area (TPSA) is 50.8 Å². The molecule has 0 aromatic heterocycles. The van der Waals surface area contributed by atoms with Gasteiger partial charge in [0.15, 0.2) is 0 Å². The summed E-state index contributed by atoms with van der Waals surface area (Å²) in [4.78, 5) is 14.1. The fraction of sp³-hybridized carbons (Fsp3) is 0.350. The Bertz CT molecular complexity index is 709. The summed E-state index contributed by atoms with van der Waals surface area (Å²) in [7, 11) is 1.68. The molecule has 0 saturated carbocycles. The Labute approximate surface area is 148 Å². The molecule has 1 aliphatic heterocycles. The second-order valence-corrected chi connectivity index (χ2v) is 6.09. The number of urea groups is 1. The molecule has 1 saturated heterocycles. The molecule has 2 amide bonds. The first-order valence-corrected chi connectivity index (χ1v) is 8.55. The Morgan fingerprint density at radius 3 is 2.48 bits per heavy atom. The maximum absolute atomic E-state index is 12.3. The van der Waals surface area contributed by atoms with Gasteiger partial charge in [-0.15, -0.1) is 0 Å². The summed E-state index contributed by atoms with van der Waals surface area (Å²) < 4.78 is 10.7. The second-order valence-electron chi connectivity index (χ2n) is 6.09. The summed E-state index contributed by atoms with van der Waals surface area (Å²) in [6.45, 7) is 4.50. The third-order valence-electron chi connectivity index (χ3n) is 4.47. The molecule has 1 aliphatic rings. The number of ether oxygens (including phenoxy) is 2. The molecule has 3 rings (SSSR count). The predicted octanol–water partition coefficient (Wildman–Crippen LogP) is 3.47. The molecule has 1 N–H and O–H groups in total. The SMILES string of the molecule is COc1ccccc1-c1ccc([C@H](C)NC(=O)N2CCOCC2)cc1. The second kappa shape index (κ2) is 8.03. The van der Waals surface area contributed by atoms with E-state index in [1.807, 2.05) is 43.3 Å². The summed E-state index contributed by atoms with van der Waals surface area (Å²) in [5.74, 6) is 0.851. The van der Waals surface area contributed by atoms with Crippen LogP contribution in [0.5, 0.6) is 5.75 Å². The van der Waals surface area contributed by atoms with Gasteiger partial charge in [-0.3, -0.25) is 0 Å². The average molecular weight is 340 g/mol. The smallest absolute Gasteiger partial charge is 0.318 e. The van der Waals surface area contributed by atoms with Crippen LogP contribution < -0.4 is 10.1 Å². The number of hydrogen-bond donors (Lipinski definition) is 1. The van der Waals surface area contributed by atoms with Crippen LogP contribution in [0.1, 0.15) is 18.5 Å². The highest BCUT2D eigenvalue weighted by atomic mass is 16.5. The molecule has 1 fully saturated rings. The molecule has 5 nitrogen and oxygen atoms in total. The Morgan fingerprint density at radius 2 is 1.80 bits per heavy atom. The van der Waals surface area contributed by atoms with Crippen molar-refractivity contribution in [2.24, 2.45) is 0 Å². The van der Waals surface area contributed by atoms with Crippen LogP contribution in [0.25, 0.3) is 11.1 Å². The quantitative estimate of drug-likeness (QED) is 0.927. The van der Waals surface area contributed by atoms with Crippen LogP contribution in [0.4, 0.5) is 4.79 Å². The Hall–Kier alpha value is -2.53. The number of nitrogens with zero attached hydrogens (tertiary/aromatic N) is 1. The van der Waals surface area contributed by atoms with Crippen molar-refractivity contribution >= 4 is 6.03 Å². The number of para-hydroxylation sites is 1. The van der Waals surface area contributed by atoms with Crippen molar-refractivity contribution in [1.82, 2.24) is 10.2 Å². The van der Waals surface area contributed by atoms with Crippen LogP contribution in [0.15, 0.2) is 48.5 Å². The number of amides is 2. The molecule has 0 aliphatic carbocycles. The molecule has 5 heteroatoms. The van der Waals surface area contributed by atoms with E-state index in [0.717, 1.165) is 22.4 Å². The molecule has 0 unspecified atom stereocenters. The largest absolute Gasteiger partial charge is 0.496 e. The Morgan fingerprint density at radius 1 is 1.12 bits per heavy atom. The summed E-state index contributed by atoms with van der Waals surface area (Å²) in [6, 6.07) is 16.1. The predicted molar refractivity (Wildman–Crippen MR) is 97.8 cm³/mol. The highest BCUT2D eigenvalue weighted by Crippen LogP contribution is 2.30. The van der Waals surface area contributed by atoms with Crippen LogP contribution >= 0.6 is 0 Å². The molecule has 2 aromatic rings. The number of morpholine rings is 1. The van der Waals surface area contributed by atoms with Crippen LogP contribution in [-0.4, -0.2) is 44.3 Å². The average Bonchev–Trinajstić information content (AvgIpc) is 2.68. The molecule has 1 atom stereocenters. The van der Waals surface area contributed by atoms with Crippen LogP contribution in [-0.2, 0) is 4.74 Å². The van der Waals surface area contributed by atoms with Gasteiger partial charge in [-0.05, 0) is 24.1 Å². The van der Waals surface area contributed by atoms with Gasteiger partial charge in [0.1, 0.15) is 5.75 Å². The van der Waals surface area contributed by atoms with E-state index in [1.165, 1.54) is 0 Å². The van der Waals surface area contributed by atoms with Gasteiger partial charge in [0.2, 0.25) is 0 Å². The van der Waals surface area contributed by atoms with Crippen molar-refractivity contribution in [3.8, 4) is 16.9 Å². The lowest BCUT2D eigenvalue weighted by Gasteiger charge is -2.28. The number of rotatable bonds is 4. The van der Waals surface area contributed by atoms with E-state index in [-0.39, 0.29) is 12.1 Å². The molecule has 0 spiro atoms. The monoisotopic (exact) mass is 340 g/mol. The lowest BCUT2D eigenvalue weighted by molar-refractivity contribution is 0.0526. The van der Waals surface area contributed by atoms with Gasteiger partial charge in [-0.25, -0.2) is 4.79 Å². The van der Waals surface area contributed by atoms with Gasteiger partial charge in [-0.2, -0.15) is 0 Å². The number of hydrogen-bond acceptors (Lipinski definition) is 3. The molecule has 0 bridgehead atoms. The van der Waals surface area contributed by atoms with Crippen molar-refractivity contribution < 1.29 is 14.3 Å². The van der Waals surface area contributed by atoms with Gasteiger partial charge in [0.25, 0.3) is 0 Å². The van der Waals surface area contributed by atoms with E-state index in [1.54, 1.807) is 12.0 Å². The zero-order chi connectivity index (χ0) is 17.6. The molecule has 1 heterocycles. The first-order chi connectivity index (χ1) is 12.2. The molecule has 25 heavy (non-hydrogen) atoms. The van der Waals surface area contributed by atoms with Gasteiger partial charge in [0, 0.05) is 18.7 Å². The summed E-state index contributed by atoms with van der Waals surface area (Å²) in [6.07, 6.45) is 0. The van der Waals surface area contributed by atoms with Crippen LogP contribution in [0.2, 0.25) is 0 Å². The fourth-order valence-electron chi connectivity index (χ4n) is 2.96. The molecule has 2 aromatic carbocycles. The summed E-state index contributed by atoms with van der Waals surface area (Å²) >= 11 is 0. The Kier molecular flexibility index (Phi) is 5.56. The Balaban J connectivity index is 1.68. The standard InChI is InChI=1S/C20H24N2O3/c1-15(21-20(23)22-11-13-25-14-12-22)16-7-9-17(10-8-16)18-5-3-4-6-19(18)24-2/h3-10,15H,11-14H2,1-2H3,(H,21,23)/t15-/m0/s1. The minimum absolute atomic E-state index is 0.0374. The number of carbonyl (C=O) groups excluding carboxylic acids is 1. The fourth-order valence-corrected chi connectivity index (χ4v) is 2.96. The van der Waals surface area contributed by atoms with Crippen molar-refractivity contribution in [2.75, 3.05) is 33.4 Å². The first kappa shape index (κ1) is 17.3. The molecule has 0 radical (unpaired) electrons. The van der Waals surface area contributed by atoms with Crippen LogP contribution in [0.3, 0.4) is 0 Å². The first-order valence-electron chi connectivity index (χ1n) is 8.55. The van der Waals surface area contributed by atoms with E-state index in [4.69, 9.17) is 9.47 Å².